The molecule has 0 amide bonds. The molecule has 2 aromatic heterocycles. The molecular formula is C23H29N5O. The lowest BCUT2D eigenvalue weighted by molar-refractivity contribution is 0.459. The molecule has 152 valence electrons. The minimum absolute atomic E-state index is 0.407. The molecule has 0 atom stereocenters. The molecule has 3 heterocycles. The Balaban J connectivity index is 1.38. The molecule has 0 unspecified atom stereocenters. The molecule has 1 aliphatic heterocycles. The van der Waals surface area contributed by atoms with Gasteiger partial charge in [-0.3, -0.25) is 0 Å². The normalized spacial score (nSPS) is 15.7. The predicted molar refractivity (Wildman–Crippen MR) is 118 cm³/mol. The maximum Gasteiger partial charge on any atom is 0.191 e. The van der Waals surface area contributed by atoms with E-state index in [0.29, 0.717) is 12.6 Å². The summed E-state index contributed by atoms with van der Waals surface area (Å²) in [5, 5.41) is 8.13. The van der Waals surface area contributed by atoms with Crippen LogP contribution < -0.4 is 15.5 Å². The lowest BCUT2D eigenvalue weighted by atomic mass is 10.1. The summed E-state index contributed by atoms with van der Waals surface area (Å²) in [7, 11) is 0. The summed E-state index contributed by atoms with van der Waals surface area (Å²) in [5.41, 5.74) is 2.10. The van der Waals surface area contributed by atoms with Gasteiger partial charge in [-0.25, -0.2) is 9.98 Å². The number of nitrogens with zero attached hydrogens (tertiary/aromatic N) is 3. The van der Waals surface area contributed by atoms with Crippen molar-refractivity contribution in [1.82, 2.24) is 15.6 Å². The molecule has 1 fully saturated rings. The van der Waals surface area contributed by atoms with Crippen LogP contribution in [-0.4, -0.2) is 36.6 Å². The van der Waals surface area contributed by atoms with E-state index in [1.165, 1.54) is 5.56 Å². The van der Waals surface area contributed by atoms with E-state index in [9.17, 15) is 0 Å². The first-order chi connectivity index (χ1) is 14.2. The number of fused-ring (bicyclic) bond motifs is 1. The number of benzene rings is 1. The van der Waals surface area contributed by atoms with Gasteiger partial charge in [-0.1, -0.05) is 24.3 Å². The molecule has 4 rings (SSSR count). The van der Waals surface area contributed by atoms with Crippen molar-refractivity contribution in [2.24, 2.45) is 4.99 Å². The van der Waals surface area contributed by atoms with Crippen LogP contribution in [0.2, 0.25) is 0 Å². The van der Waals surface area contributed by atoms with E-state index in [0.717, 1.165) is 61.0 Å². The van der Waals surface area contributed by atoms with Gasteiger partial charge in [-0.05, 0) is 44.9 Å². The number of guanidine groups is 1. The van der Waals surface area contributed by atoms with Crippen molar-refractivity contribution >= 4 is 22.7 Å². The maximum absolute atomic E-state index is 6.00. The molecule has 0 bridgehead atoms. The Morgan fingerprint density at radius 2 is 1.97 bits per heavy atom. The zero-order valence-corrected chi connectivity index (χ0v) is 17.2. The number of aryl methyl sites for hydroxylation is 1. The molecule has 6 nitrogen and oxygen atoms in total. The van der Waals surface area contributed by atoms with Crippen molar-refractivity contribution < 1.29 is 4.42 Å². The number of hydrogen-bond acceptors (Lipinski definition) is 4. The average Bonchev–Trinajstić information content (AvgIpc) is 3.09. The van der Waals surface area contributed by atoms with Gasteiger partial charge in [0.25, 0.3) is 0 Å². The first kappa shape index (κ1) is 19.3. The Labute approximate surface area is 172 Å². The average molecular weight is 392 g/mol. The molecule has 1 aliphatic rings. The van der Waals surface area contributed by atoms with Crippen LogP contribution >= 0.6 is 0 Å². The molecule has 0 radical (unpaired) electrons. The van der Waals surface area contributed by atoms with E-state index >= 15 is 0 Å². The molecular weight excluding hydrogens is 362 g/mol. The van der Waals surface area contributed by atoms with Gasteiger partial charge in [0.05, 0.1) is 0 Å². The summed E-state index contributed by atoms with van der Waals surface area (Å²) in [5.74, 6) is 2.84. The Hall–Kier alpha value is -3.02. The van der Waals surface area contributed by atoms with Crippen LogP contribution in [0.15, 0.2) is 58.1 Å². The van der Waals surface area contributed by atoms with Gasteiger partial charge in [-0.2, -0.15) is 0 Å². The van der Waals surface area contributed by atoms with Crippen molar-refractivity contribution in [2.45, 2.75) is 39.3 Å². The van der Waals surface area contributed by atoms with E-state index < -0.39 is 0 Å². The number of piperidine rings is 1. The second kappa shape index (κ2) is 8.99. The summed E-state index contributed by atoms with van der Waals surface area (Å²) in [6, 6.07) is 14.6. The number of aromatic nitrogens is 1. The summed E-state index contributed by atoms with van der Waals surface area (Å²) >= 11 is 0. The quantitative estimate of drug-likeness (QED) is 0.511. The summed E-state index contributed by atoms with van der Waals surface area (Å²) in [4.78, 5) is 11.6. The third-order valence-electron chi connectivity index (χ3n) is 5.48. The predicted octanol–water partition coefficient (Wildman–Crippen LogP) is 3.86. The number of aliphatic imine (C=N–C) groups is 1. The van der Waals surface area contributed by atoms with E-state index in [4.69, 9.17) is 9.41 Å². The Morgan fingerprint density at radius 3 is 2.69 bits per heavy atom. The largest absolute Gasteiger partial charge is 0.459 e. The van der Waals surface area contributed by atoms with Gasteiger partial charge in [0.2, 0.25) is 0 Å². The van der Waals surface area contributed by atoms with E-state index in [1.807, 2.05) is 36.5 Å². The molecule has 0 spiro atoms. The standard InChI is InChI=1S/C23H29N5O/c1-3-24-23(26-16-21-17(2)19-8-4-5-9-20(19)29-21)27-18-11-14-28(15-12-18)22-10-6-7-13-25-22/h4-10,13,18H,3,11-12,14-16H2,1-2H3,(H2,24,26,27). The van der Waals surface area contributed by atoms with Gasteiger partial charge < -0.3 is 20.0 Å². The highest BCUT2D eigenvalue weighted by Crippen LogP contribution is 2.25. The van der Waals surface area contributed by atoms with Crippen molar-refractivity contribution in [1.29, 1.82) is 0 Å². The first-order valence-electron chi connectivity index (χ1n) is 10.4. The molecule has 6 heteroatoms. The number of para-hydroxylation sites is 1. The summed E-state index contributed by atoms with van der Waals surface area (Å²) in [6.45, 7) is 7.55. The van der Waals surface area contributed by atoms with Gasteiger partial charge in [0, 0.05) is 42.8 Å². The van der Waals surface area contributed by atoms with E-state index in [-0.39, 0.29) is 0 Å². The zero-order valence-electron chi connectivity index (χ0n) is 17.2. The lowest BCUT2D eigenvalue weighted by Crippen LogP contribution is -2.48. The van der Waals surface area contributed by atoms with Crippen LogP contribution in [0.4, 0.5) is 5.82 Å². The highest BCUT2D eigenvalue weighted by atomic mass is 16.3. The lowest BCUT2D eigenvalue weighted by Gasteiger charge is -2.33. The number of pyridine rings is 1. The number of nitrogens with one attached hydrogen (secondary N) is 2. The van der Waals surface area contributed by atoms with Crippen molar-refractivity contribution in [3.05, 3.63) is 60.0 Å². The monoisotopic (exact) mass is 391 g/mol. The van der Waals surface area contributed by atoms with Crippen molar-refractivity contribution in [3.63, 3.8) is 0 Å². The fourth-order valence-electron chi connectivity index (χ4n) is 3.83. The molecule has 1 saturated heterocycles. The Kier molecular flexibility index (Phi) is 5.98. The van der Waals surface area contributed by atoms with Crippen LogP contribution in [0, 0.1) is 6.92 Å². The van der Waals surface area contributed by atoms with Gasteiger partial charge in [0.15, 0.2) is 5.96 Å². The van der Waals surface area contributed by atoms with Crippen LogP contribution in [0.1, 0.15) is 31.1 Å². The molecule has 0 aliphatic carbocycles. The highest BCUT2D eigenvalue weighted by molar-refractivity contribution is 5.82. The van der Waals surface area contributed by atoms with Crippen molar-refractivity contribution in [2.75, 3.05) is 24.5 Å². The van der Waals surface area contributed by atoms with Crippen LogP contribution in [0.3, 0.4) is 0 Å². The van der Waals surface area contributed by atoms with Gasteiger partial charge >= 0.3 is 0 Å². The first-order valence-corrected chi connectivity index (χ1v) is 10.4. The second-order valence-electron chi connectivity index (χ2n) is 7.44. The fourth-order valence-corrected chi connectivity index (χ4v) is 3.83. The zero-order chi connectivity index (χ0) is 20.1. The van der Waals surface area contributed by atoms with Crippen LogP contribution in [-0.2, 0) is 6.54 Å². The van der Waals surface area contributed by atoms with E-state index in [1.54, 1.807) is 0 Å². The summed E-state index contributed by atoms with van der Waals surface area (Å²) < 4.78 is 6.00. The number of rotatable bonds is 5. The molecule has 1 aromatic carbocycles. The Bertz CT molecular complexity index is 958. The highest BCUT2D eigenvalue weighted by Gasteiger charge is 2.21. The van der Waals surface area contributed by atoms with E-state index in [2.05, 4.69) is 46.5 Å². The third kappa shape index (κ3) is 4.53. The third-order valence-corrected chi connectivity index (χ3v) is 5.48. The minimum Gasteiger partial charge on any atom is -0.459 e. The van der Waals surface area contributed by atoms with Gasteiger partial charge in [0.1, 0.15) is 23.7 Å². The second-order valence-corrected chi connectivity index (χ2v) is 7.44. The number of anilines is 1. The Morgan fingerprint density at radius 1 is 1.17 bits per heavy atom. The molecule has 0 saturated carbocycles. The molecule has 3 aromatic rings. The maximum atomic E-state index is 6.00. The fraction of sp³-hybridized carbons (Fsp3) is 0.391. The van der Waals surface area contributed by atoms with Crippen molar-refractivity contribution in [3.8, 4) is 0 Å². The van der Waals surface area contributed by atoms with Crippen LogP contribution in [0.5, 0.6) is 0 Å². The summed E-state index contributed by atoms with van der Waals surface area (Å²) in [6.07, 6.45) is 3.98. The molecule has 29 heavy (non-hydrogen) atoms. The minimum atomic E-state index is 0.407. The molecule has 2 N–H and O–H groups in total. The SMILES string of the molecule is CCNC(=NCc1oc2ccccc2c1C)NC1CCN(c2ccccn2)CC1. The smallest absolute Gasteiger partial charge is 0.191 e. The number of furan rings is 1. The van der Waals surface area contributed by atoms with Gasteiger partial charge in [-0.15, -0.1) is 0 Å². The number of hydrogen-bond donors (Lipinski definition) is 2. The topological polar surface area (TPSA) is 65.7 Å². The van der Waals surface area contributed by atoms with Crippen LogP contribution in [0.25, 0.3) is 11.0 Å².